The number of piperidine rings is 1. The molecule has 0 radical (unpaired) electrons. The van der Waals surface area contributed by atoms with Crippen molar-refractivity contribution in [3.63, 3.8) is 0 Å². The molecule has 0 aliphatic carbocycles. The Hall–Kier alpha value is -2.09. The molecule has 2 rings (SSSR count). The number of likely N-dealkylation sites (N-methyl/N-ethyl adjacent to an activating group) is 1. The van der Waals surface area contributed by atoms with Crippen molar-refractivity contribution in [2.45, 2.75) is 111 Å². The van der Waals surface area contributed by atoms with Gasteiger partial charge in [-0.15, -0.1) is 11.3 Å². The van der Waals surface area contributed by atoms with Gasteiger partial charge < -0.3 is 20.1 Å². The summed E-state index contributed by atoms with van der Waals surface area (Å²) in [6, 6.07) is -0.822. The van der Waals surface area contributed by atoms with Crippen LogP contribution in [0.2, 0.25) is 0 Å². The number of amides is 2. The van der Waals surface area contributed by atoms with E-state index in [1.807, 2.05) is 48.6 Å². The predicted molar refractivity (Wildman–Crippen MR) is 179 cm³/mol. The van der Waals surface area contributed by atoms with Crippen LogP contribution in [0, 0.1) is 17.8 Å². The zero-order valence-corrected chi connectivity index (χ0v) is 29.3. The van der Waals surface area contributed by atoms with Gasteiger partial charge in [0.05, 0.1) is 19.2 Å². The summed E-state index contributed by atoms with van der Waals surface area (Å²) in [6.07, 6.45) is 3.00. The number of aromatic nitrogens is 1. The zero-order valence-electron chi connectivity index (χ0n) is 29.7. The molecule has 2 amide bonds. The van der Waals surface area contributed by atoms with Crippen molar-refractivity contribution in [1.29, 1.82) is 2.77 Å². The van der Waals surface area contributed by atoms with Crippen LogP contribution in [0.15, 0.2) is 5.38 Å². The summed E-state index contributed by atoms with van der Waals surface area (Å²) in [6.45, 7) is 15.1. The number of thiazole rings is 1. The van der Waals surface area contributed by atoms with E-state index in [0.29, 0.717) is 11.4 Å². The van der Waals surface area contributed by atoms with Crippen molar-refractivity contribution in [1.82, 2.24) is 20.1 Å². The monoisotopic (exact) mass is 655 g/mol. The molecule has 0 aromatic carbocycles. The summed E-state index contributed by atoms with van der Waals surface area (Å²) >= 11 is 5.12. The molecule has 44 heavy (non-hydrogen) atoms. The van der Waals surface area contributed by atoms with Gasteiger partial charge in [0, 0.05) is 36.2 Å². The molecule has 0 bridgehead atoms. The minimum absolute atomic E-state index is 0.0650. The van der Waals surface area contributed by atoms with Gasteiger partial charge in [0.1, 0.15) is 11.1 Å². The Labute approximate surface area is 276 Å². The van der Waals surface area contributed by atoms with Gasteiger partial charge in [-0.2, -0.15) is 0 Å². The average Bonchev–Trinajstić information content (AvgIpc) is 3.49. The zero-order chi connectivity index (χ0) is 35.0. The third kappa shape index (κ3) is 12.0. The molecule has 13 heteroatoms. The number of esters is 1. The number of hydrogen-bond donors (Lipinski definition) is 2. The molecule has 1 fully saturated rings. The Balaban J connectivity index is 0.00000338. The van der Waals surface area contributed by atoms with Gasteiger partial charge in [-0.05, 0) is 59.0 Å². The normalized spacial score (nSPS) is 18.5. The SMILES string of the molecule is [2H]B=S.[3H]O[C@H](C[C@H](C(C)C)N(CC(=O)NC(C)C)C(=O)[C@@H](CC(=O)[C@H]1CCCCN1C)[C@@H](C)CC)c1nc(C(=O)OCC)cs1. The predicted octanol–water partition coefficient (Wildman–Crippen LogP) is 4.23. The van der Waals surface area contributed by atoms with Crippen LogP contribution < -0.4 is 5.32 Å². The van der Waals surface area contributed by atoms with Crippen LogP contribution in [0.5, 0.6) is 0 Å². The summed E-state index contributed by atoms with van der Waals surface area (Å²) in [7, 11) is 1.96. The molecule has 0 spiro atoms. The number of rotatable bonds is 17. The molecule has 2 N–H and O–H groups in total. The largest absolute Gasteiger partial charge is 0.461 e. The molecule has 1 aliphatic heterocycles. The molecule has 2 heterocycles. The van der Waals surface area contributed by atoms with Gasteiger partial charge in [0.25, 0.3) is 0 Å². The van der Waals surface area contributed by atoms with E-state index >= 15 is 0 Å². The first-order valence-electron chi connectivity index (χ1n) is 16.6. The van der Waals surface area contributed by atoms with E-state index in [4.69, 9.17) is 12.6 Å². The number of likely N-dealkylation sites (tertiary alicyclic amines) is 1. The number of carbonyl (C=O) groups is 4. The molecule has 248 valence electrons. The fourth-order valence-corrected chi connectivity index (χ4v) is 6.34. The van der Waals surface area contributed by atoms with Crippen LogP contribution in [-0.4, -0.2) is 97.8 Å². The van der Waals surface area contributed by atoms with Crippen molar-refractivity contribution >= 4 is 53.6 Å². The molecular weight excluding hydrogens is 599 g/mol. The fraction of sp³-hybridized carbons (Fsp3) is 0.774. The molecule has 0 unspecified atom stereocenters. The van der Waals surface area contributed by atoms with Crippen molar-refractivity contribution < 1.29 is 29.0 Å². The molecule has 1 aromatic rings. The molecule has 1 saturated heterocycles. The van der Waals surface area contributed by atoms with Crippen LogP contribution in [0.3, 0.4) is 0 Å². The van der Waals surface area contributed by atoms with E-state index in [-0.39, 0.29) is 73.2 Å². The number of ketones is 1. The Morgan fingerprint density at radius 3 is 2.52 bits per heavy atom. The van der Waals surface area contributed by atoms with Crippen LogP contribution in [-0.2, 0) is 19.1 Å². The Bertz CT molecular complexity index is 1130. The maximum atomic E-state index is 14.5. The quantitative estimate of drug-likeness (QED) is 0.187. The van der Waals surface area contributed by atoms with Crippen molar-refractivity contribution in [2.24, 2.45) is 17.8 Å². The van der Waals surface area contributed by atoms with Gasteiger partial charge in [-0.25, -0.2) is 9.78 Å². The van der Waals surface area contributed by atoms with E-state index < -0.39 is 24.0 Å². The first-order valence-corrected chi connectivity index (χ1v) is 17.0. The molecule has 0 saturated carbocycles. The van der Waals surface area contributed by atoms with Crippen LogP contribution in [0.25, 0.3) is 0 Å². The van der Waals surface area contributed by atoms with Gasteiger partial charge in [-0.1, -0.05) is 40.5 Å². The van der Waals surface area contributed by atoms with Gasteiger partial charge in [0.2, 0.25) is 13.2 Å². The summed E-state index contributed by atoms with van der Waals surface area (Å²) in [4.78, 5) is 61.4. The number of aliphatic hydroxyl groups excluding tert-OH is 1. The van der Waals surface area contributed by atoms with Crippen molar-refractivity contribution in [3.8, 4) is 0 Å². The maximum Gasteiger partial charge on any atom is 0.357 e. The minimum Gasteiger partial charge on any atom is -0.461 e. The van der Waals surface area contributed by atoms with Crippen LogP contribution in [0.4, 0.5) is 0 Å². The Morgan fingerprint density at radius 1 is 1.30 bits per heavy atom. The third-order valence-corrected chi connectivity index (χ3v) is 9.10. The second kappa shape index (κ2) is 20.1. The van der Waals surface area contributed by atoms with Crippen LogP contribution in [0.1, 0.15) is 109 Å². The van der Waals surface area contributed by atoms with Crippen molar-refractivity contribution in [3.05, 3.63) is 16.1 Å². The smallest absolute Gasteiger partial charge is 0.357 e. The second-order valence-corrected chi connectivity index (χ2v) is 13.1. The minimum atomic E-state index is -0.844. The number of nitrogens with one attached hydrogen (secondary N) is 1. The summed E-state index contributed by atoms with van der Waals surface area (Å²) in [5, 5.41) is 9.97. The Morgan fingerprint density at radius 2 is 1.98 bits per heavy atom. The summed E-state index contributed by atoms with van der Waals surface area (Å²) < 4.78 is 18.8. The van der Waals surface area contributed by atoms with Gasteiger partial charge in [0.15, 0.2) is 11.5 Å². The van der Waals surface area contributed by atoms with E-state index in [1.54, 1.807) is 17.2 Å². The maximum absolute atomic E-state index is 14.5. The standard InChI is InChI=1S/C31H52N4O6S.BHS/c1-9-21(7)22(15-26(36)24-13-11-12-14-34(24)8)30(39)35(17-28(38)32-20(5)6)25(19(3)4)16-27(37)29-33-23(18-42-29)31(40)41-10-2;1-2/h18-22,24-25,27,37H,9-17H2,1-8H3,(H,32,38);1H/t21-,22-,24+,25+,27+;/m0./s1/i37T;1D. The number of ether oxygens (including phenoxy) is 1. The van der Waals surface area contributed by atoms with E-state index in [1.165, 1.54) is 11.3 Å². The second-order valence-electron chi connectivity index (χ2n) is 12.2. The summed E-state index contributed by atoms with van der Waals surface area (Å²) in [5.41, 5.74) is 0.136. The number of hydrogen-bond acceptors (Lipinski definition) is 10. The topological polar surface area (TPSA) is 129 Å². The van der Waals surface area contributed by atoms with E-state index in [9.17, 15) is 19.2 Å². The Kier molecular flexibility index (Phi) is 16.6. The van der Waals surface area contributed by atoms with E-state index in [2.05, 4.69) is 27.3 Å². The number of nitrogens with zero attached hydrogens (tertiary/aromatic N) is 3. The van der Waals surface area contributed by atoms with Crippen molar-refractivity contribution in [2.75, 3.05) is 26.7 Å². The molecule has 1 aliphatic rings. The van der Waals surface area contributed by atoms with Gasteiger partial charge >= 0.3 is 26.0 Å². The molecular formula is C31H53BN4O6S2. The fourth-order valence-electron chi connectivity index (χ4n) is 5.56. The van der Waals surface area contributed by atoms with Crippen LogP contribution >= 0.6 is 23.4 Å². The number of aliphatic hydroxyl groups is 1. The average molecular weight is 656 g/mol. The third-order valence-electron chi connectivity index (χ3n) is 8.17. The van der Waals surface area contributed by atoms with Gasteiger partial charge in [-0.3, -0.25) is 19.3 Å². The summed E-state index contributed by atoms with van der Waals surface area (Å²) in [5.74, 6) is -1.81. The molecule has 1 aromatic heterocycles. The first kappa shape index (κ1) is 36.4. The number of carbonyl (C=O) groups excluding carboxylic acids is 4. The first-order chi connectivity index (χ1) is 21.7. The molecule has 10 nitrogen and oxygen atoms in total. The molecule has 5 atom stereocenters. The van der Waals surface area contributed by atoms with E-state index in [0.717, 1.165) is 32.5 Å². The number of Topliss-reactive ketones (excluding diaryl/α,β-unsaturated/α-hetero) is 1.